The highest BCUT2D eigenvalue weighted by molar-refractivity contribution is 5.84. The number of hydroxylamine groups is 1. The number of ether oxygens (including phenoxy) is 1. The lowest BCUT2D eigenvalue weighted by atomic mass is 10.2. The standard InChI is InChI=1S/C10H13NO3/c1-3-14-10(12)11(13)9-6-4-5-8(2)7-9/h4-7,13H,3H2,1-2H3. The molecule has 0 fully saturated rings. The SMILES string of the molecule is CCOC(=O)N(O)c1cccc(C)c1. The minimum Gasteiger partial charge on any atom is -0.448 e. The van der Waals surface area contributed by atoms with E-state index in [9.17, 15) is 10.0 Å². The van der Waals surface area contributed by atoms with E-state index < -0.39 is 6.09 Å². The second-order valence-corrected chi connectivity index (χ2v) is 2.85. The van der Waals surface area contributed by atoms with Crippen molar-refractivity contribution < 1.29 is 14.7 Å². The van der Waals surface area contributed by atoms with Crippen LogP contribution in [0.3, 0.4) is 0 Å². The second kappa shape index (κ2) is 4.62. The van der Waals surface area contributed by atoms with Crippen molar-refractivity contribution in [1.29, 1.82) is 0 Å². The van der Waals surface area contributed by atoms with Crippen LogP contribution < -0.4 is 5.06 Å². The van der Waals surface area contributed by atoms with Gasteiger partial charge in [-0.05, 0) is 31.5 Å². The topological polar surface area (TPSA) is 49.8 Å². The second-order valence-electron chi connectivity index (χ2n) is 2.85. The average Bonchev–Trinajstić information content (AvgIpc) is 2.17. The molecule has 0 atom stereocenters. The van der Waals surface area contributed by atoms with Gasteiger partial charge in [-0.2, -0.15) is 5.06 Å². The number of rotatable bonds is 2. The van der Waals surface area contributed by atoms with Crippen LogP contribution in [0.15, 0.2) is 24.3 Å². The van der Waals surface area contributed by atoms with Gasteiger partial charge in [0.2, 0.25) is 0 Å². The van der Waals surface area contributed by atoms with E-state index in [4.69, 9.17) is 0 Å². The maximum absolute atomic E-state index is 11.1. The van der Waals surface area contributed by atoms with Gasteiger partial charge in [0.15, 0.2) is 0 Å². The first-order valence-electron chi connectivity index (χ1n) is 4.37. The van der Waals surface area contributed by atoms with Gasteiger partial charge >= 0.3 is 6.09 Å². The van der Waals surface area contributed by atoms with E-state index in [1.165, 1.54) is 0 Å². The lowest BCUT2D eigenvalue weighted by molar-refractivity contribution is 0.125. The molecule has 0 bridgehead atoms. The summed E-state index contributed by atoms with van der Waals surface area (Å²) < 4.78 is 4.63. The van der Waals surface area contributed by atoms with Crippen molar-refractivity contribution in [3.8, 4) is 0 Å². The maximum atomic E-state index is 11.1. The molecular formula is C10H13NO3. The Hall–Kier alpha value is -1.55. The maximum Gasteiger partial charge on any atom is 0.438 e. The Labute approximate surface area is 82.7 Å². The predicted molar refractivity (Wildman–Crippen MR) is 52.5 cm³/mol. The molecule has 4 nitrogen and oxygen atoms in total. The number of hydrogen-bond acceptors (Lipinski definition) is 3. The van der Waals surface area contributed by atoms with E-state index in [0.29, 0.717) is 10.8 Å². The van der Waals surface area contributed by atoms with E-state index in [1.807, 2.05) is 13.0 Å². The molecule has 76 valence electrons. The number of amides is 1. The number of carbonyl (C=O) groups is 1. The molecule has 4 heteroatoms. The van der Waals surface area contributed by atoms with Crippen molar-refractivity contribution in [2.75, 3.05) is 11.7 Å². The van der Waals surface area contributed by atoms with Crippen LogP contribution in [-0.4, -0.2) is 17.9 Å². The summed E-state index contributed by atoms with van der Waals surface area (Å²) in [7, 11) is 0. The van der Waals surface area contributed by atoms with Crippen LogP contribution in [0.25, 0.3) is 0 Å². The Morgan fingerprint density at radius 2 is 2.29 bits per heavy atom. The Kier molecular flexibility index (Phi) is 3.48. The molecule has 0 heterocycles. The van der Waals surface area contributed by atoms with Crippen molar-refractivity contribution in [1.82, 2.24) is 0 Å². The number of anilines is 1. The van der Waals surface area contributed by atoms with Crippen molar-refractivity contribution in [2.24, 2.45) is 0 Å². The average molecular weight is 195 g/mol. The first-order valence-corrected chi connectivity index (χ1v) is 4.37. The Bertz CT molecular complexity index is 325. The summed E-state index contributed by atoms with van der Waals surface area (Å²) in [4.78, 5) is 11.1. The van der Waals surface area contributed by atoms with Crippen LogP contribution in [0, 0.1) is 6.92 Å². The normalized spacial score (nSPS) is 9.64. The van der Waals surface area contributed by atoms with Gasteiger partial charge in [0.25, 0.3) is 0 Å². The van der Waals surface area contributed by atoms with E-state index in [2.05, 4.69) is 4.74 Å². The van der Waals surface area contributed by atoms with Gasteiger partial charge in [-0.15, -0.1) is 0 Å². The molecule has 1 aromatic carbocycles. The summed E-state index contributed by atoms with van der Waals surface area (Å²) in [5.41, 5.74) is 1.37. The molecule has 1 rings (SSSR count). The third-order valence-corrected chi connectivity index (χ3v) is 1.69. The Morgan fingerprint density at radius 1 is 1.57 bits per heavy atom. The minimum atomic E-state index is -0.766. The highest BCUT2D eigenvalue weighted by atomic mass is 16.6. The van der Waals surface area contributed by atoms with Gasteiger partial charge in [0, 0.05) is 0 Å². The number of hydrogen-bond donors (Lipinski definition) is 1. The number of aryl methyl sites for hydroxylation is 1. The summed E-state index contributed by atoms with van der Waals surface area (Å²) in [6, 6.07) is 6.95. The zero-order valence-corrected chi connectivity index (χ0v) is 8.23. The number of carbonyl (C=O) groups excluding carboxylic acids is 1. The quantitative estimate of drug-likeness (QED) is 0.582. The van der Waals surface area contributed by atoms with Gasteiger partial charge in [-0.3, -0.25) is 5.21 Å². The molecule has 0 aromatic heterocycles. The lowest BCUT2D eigenvalue weighted by Crippen LogP contribution is -2.27. The molecule has 0 aliphatic heterocycles. The Morgan fingerprint density at radius 3 is 2.86 bits per heavy atom. The van der Waals surface area contributed by atoms with Gasteiger partial charge in [-0.1, -0.05) is 12.1 Å². The minimum absolute atomic E-state index is 0.238. The summed E-state index contributed by atoms with van der Waals surface area (Å²) in [6.07, 6.45) is -0.766. The lowest BCUT2D eigenvalue weighted by Gasteiger charge is -2.14. The van der Waals surface area contributed by atoms with E-state index in [0.717, 1.165) is 5.56 Å². The predicted octanol–water partition coefficient (Wildman–Crippen LogP) is 2.35. The third kappa shape index (κ3) is 2.47. The summed E-state index contributed by atoms with van der Waals surface area (Å²) in [5, 5.41) is 9.90. The van der Waals surface area contributed by atoms with Crippen molar-refractivity contribution in [2.45, 2.75) is 13.8 Å². The monoisotopic (exact) mass is 195 g/mol. The van der Waals surface area contributed by atoms with Gasteiger partial charge in [0.1, 0.15) is 0 Å². The van der Waals surface area contributed by atoms with Crippen LogP contribution in [0.1, 0.15) is 12.5 Å². The van der Waals surface area contributed by atoms with Crippen LogP contribution in [0.5, 0.6) is 0 Å². The molecule has 0 saturated heterocycles. The van der Waals surface area contributed by atoms with E-state index in [-0.39, 0.29) is 6.61 Å². The fourth-order valence-electron chi connectivity index (χ4n) is 1.05. The molecule has 1 N–H and O–H groups in total. The highest BCUT2D eigenvalue weighted by Crippen LogP contribution is 2.14. The fraction of sp³-hybridized carbons (Fsp3) is 0.300. The van der Waals surface area contributed by atoms with Gasteiger partial charge in [0.05, 0.1) is 12.3 Å². The zero-order valence-electron chi connectivity index (χ0n) is 8.23. The molecule has 14 heavy (non-hydrogen) atoms. The first kappa shape index (κ1) is 10.5. The molecule has 0 aliphatic carbocycles. The fourth-order valence-corrected chi connectivity index (χ4v) is 1.05. The van der Waals surface area contributed by atoms with Crippen molar-refractivity contribution in [3.63, 3.8) is 0 Å². The van der Waals surface area contributed by atoms with Crippen LogP contribution in [-0.2, 0) is 4.74 Å². The third-order valence-electron chi connectivity index (χ3n) is 1.69. The van der Waals surface area contributed by atoms with Gasteiger partial charge < -0.3 is 4.74 Å². The van der Waals surface area contributed by atoms with Crippen LogP contribution in [0.4, 0.5) is 10.5 Å². The molecular weight excluding hydrogens is 182 g/mol. The van der Waals surface area contributed by atoms with Crippen LogP contribution >= 0.6 is 0 Å². The Balaban J connectivity index is 2.78. The van der Waals surface area contributed by atoms with E-state index >= 15 is 0 Å². The molecule has 0 unspecified atom stereocenters. The van der Waals surface area contributed by atoms with Gasteiger partial charge in [-0.25, -0.2) is 4.79 Å². The zero-order chi connectivity index (χ0) is 10.6. The molecule has 1 aromatic rings. The molecule has 0 aliphatic rings. The number of nitrogens with zero attached hydrogens (tertiary/aromatic N) is 1. The summed E-state index contributed by atoms with van der Waals surface area (Å²) >= 11 is 0. The summed E-state index contributed by atoms with van der Waals surface area (Å²) in [5.74, 6) is 0. The molecule has 0 radical (unpaired) electrons. The molecule has 0 spiro atoms. The largest absolute Gasteiger partial charge is 0.448 e. The highest BCUT2D eigenvalue weighted by Gasteiger charge is 2.13. The van der Waals surface area contributed by atoms with Crippen LogP contribution in [0.2, 0.25) is 0 Å². The van der Waals surface area contributed by atoms with E-state index in [1.54, 1.807) is 25.1 Å². The summed E-state index contributed by atoms with van der Waals surface area (Å²) in [6.45, 7) is 3.80. The molecule has 1 amide bonds. The first-order chi connectivity index (χ1) is 6.65. The smallest absolute Gasteiger partial charge is 0.438 e. The van der Waals surface area contributed by atoms with Crippen molar-refractivity contribution >= 4 is 11.8 Å². The van der Waals surface area contributed by atoms with Crippen molar-refractivity contribution in [3.05, 3.63) is 29.8 Å². The molecule has 0 saturated carbocycles. The number of benzene rings is 1.